The number of aromatic nitrogens is 2. The van der Waals surface area contributed by atoms with Crippen LogP contribution in [0.2, 0.25) is 18.1 Å². The molecule has 0 aliphatic carbocycles. The van der Waals surface area contributed by atoms with E-state index in [2.05, 4.69) is 61.2 Å². The van der Waals surface area contributed by atoms with Gasteiger partial charge in [-0.05, 0) is 43.1 Å². The van der Waals surface area contributed by atoms with Gasteiger partial charge in [-0.25, -0.2) is 9.97 Å². The van der Waals surface area contributed by atoms with Crippen molar-refractivity contribution >= 4 is 31.4 Å². The third-order valence-electron chi connectivity index (χ3n) is 6.52. The van der Waals surface area contributed by atoms with E-state index in [1.54, 1.807) is 0 Å². The molecule has 1 amide bonds. The van der Waals surface area contributed by atoms with Crippen molar-refractivity contribution in [2.45, 2.75) is 64.3 Å². The molecule has 4 rings (SSSR count). The minimum Gasteiger partial charge on any atom is -0.412 e. The van der Waals surface area contributed by atoms with Crippen LogP contribution in [-0.2, 0) is 10.8 Å². The van der Waals surface area contributed by atoms with E-state index in [0.29, 0.717) is 6.54 Å². The van der Waals surface area contributed by atoms with Gasteiger partial charge in [0.15, 0.2) is 8.32 Å². The molecule has 0 aromatic carbocycles. The molecular formula is C22H32N4O2SSi. The van der Waals surface area contributed by atoms with Crippen LogP contribution in [0, 0.1) is 0 Å². The summed E-state index contributed by atoms with van der Waals surface area (Å²) in [4.78, 5) is 24.5. The Balaban J connectivity index is 1.46. The van der Waals surface area contributed by atoms with E-state index in [1.807, 2.05) is 6.20 Å². The van der Waals surface area contributed by atoms with Crippen LogP contribution < -0.4 is 10.2 Å². The van der Waals surface area contributed by atoms with E-state index < -0.39 is 8.32 Å². The van der Waals surface area contributed by atoms with Gasteiger partial charge in [0.25, 0.3) is 5.91 Å². The predicted octanol–water partition coefficient (Wildman–Crippen LogP) is 4.48. The van der Waals surface area contributed by atoms with Gasteiger partial charge in [-0.2, -0.15) is 0 Å². The fourth-order valence-electron chi connectivity index (χ4n) is 3.73. The molecule has 0 saturated carbocycles. The Hall–Kier alpha value is -1.77. The molecule has 2 aliphatic heterocycles. The zero-order valence-electron chi connectivity index (χ0n) is 18.6. The van der Waals surface area contributed by atoms with Crippen LogP contribution in [-0.4, -0.2) is 49.9 Å². The van der Waals surface area contributed by atoms with Crippen molar-refractivity contribution < 1.29 is 9.22 Å². The number of hydrogen-bond donors (Lipinski definition) is 1. The standard InChI is InChI=1S/C22H32N4O2SSi/c1-22(2,3)30(4,5)28-16-7-6-12-26(14-16)18-9-8-15(13-24-18)21-25-17-10-11-23-20(27)19(17)29-21/h8-9,13,16H,6-7,10-12,14H2,1-5H3,(H,23,27). The third kappa shape index (κ3) is 4.31. The molecule has 2 aliphatic rings. The molecule has 1 saturated heterocycles. The lowest BCUT2D eigenvalue weighted by Gasteiger charge is -2.42. The topological polar surface area (TPSA) is 67.3 Å². The number of nitrogens with zero attached hydrogens (tertiary/aromatic N) is 3. The zero-order valence-corrected chi connectivity index (χ0v) is 20.4. The van der Waals surface area contributed by atoms with Crippen LogP contribution in [0.5, 0.6) is 0 Å². The highest BCUT2D eigenvalue weighted by molar-refractivity contribution is 7.17. The van der Waals surface area contributed by atoms with Gasteiger partial charge >= 0.3 is 0 Å². The Bertz CT molecular complexity index is 920. The molecule has 0 bridgehead atoms. The lowest BCUT2D eigenvalue weighted by Crippen LogP contribution is -2.49. The lowest BCUT2D eigenvalue weighted by atomic mass is 10.1. The number of pyridine rings is 1. The summed E-state index contributed by atoms with van der Waals surface area (Å²) in [7, 11) is -1.77. The minimum absolute atomic E-state index is 0.00864. The summed E-state index contributed by atoms with van der Waals surface area (Å²) >= 11 is 1.45. The van der Waals surface area contributed by atoms with Gasteiger partial charge in [-0.1, -0.05) is 20.8 Å². The van der Waals surface area contributed by atoms with Crippen LogP contribution in [0.3, 0.4) is 0 Å². The van der Waals surface area contributed by atoms with Crippen LogP contribution in [0.4, 0.5) is 5.82 Å². The number of piperidine rings is 1. The molecule has 1 atom stereocenters. The number of carbonyl (C=O) groups is 1. The van der Waals surface area contributed by atoms with Crippen molar-refractivity contribution in [3.63, 3.8) is 0 Å². The molecule has 30 heavy (non-hydrogen) atoms. The number of carbonyl (C=O) groups excluding carboxylic acids is 1. The van der Waals surface area contributed by atoms with Gasteiger partial charge < -0.3 is 14.6 Å². The van der Waals surface area contributed by atoms with Crippen LogP contribution in [0.15, 0.2) is 18.3 Å². The molecule has 8 heteroatoms. The van der Waals surface area contributed by atoms with Gasteiger partial charge in [0.2, 0.25) is 0 Å². The van der Waals surface area contributed by atoms with Crippen LogP contribution >= 0.6 is 11.3 Å². The number of amides is 1. The quantitative estimate of drug-likeness (QED) is 0.704. The Labute approximate surface area is 184 Å². The van der Waals surface area contributed by atoms with Crippen molar-refractivity contribution in [3.05, 3.63) is 28.9 Å². The van der Waals surface area contributed by atoms with Crippen LogP contribution in [0.1, 0.15) is 49.0 Å². The fraction of sp³-hybridized carbons (Fsp3) is 0.591. The van der Waals surface area contributed by atoms with E-state index in [1.165, 1.54) is 11.3 Å². The molecule has 2 aromatic heterocycles. The van der Waals surface area contributed by atoms with Gasteiger partial charge in [-0.3, -0.25) is 4.79 Å². The average Bonchev–Trinajstić information content (AvgIpc) is 3.13. The Morgan fingerprint density at radius 2 is 2.10 bits per heavy atom. The average molecular weight is 445 g/mol. The first-order valence-electron chi connectivity index (χ1n) is 10.8. The van der Waals surface area contributed by atoms with Gasteiger partial charge in [0, 0.05) is 37.8 Å². The zero-order chi connectivity index (χ0) is 21.5. The maximum absolute atomic E-state index is 12.0. The van der Waals surface area contributed by atoms with E-state index in [9.17, 15) is 4.79 Å². The molecular weight excluding hydrogens is 412 g/mol. The second-order valence-electron chi connectivity index (χ2n) is 9.79. The molecule has 2 aromatic rings. The monoisotopic (exact) mass is 444 g/mol. The molecule has 1 N–H and O–H groups in total. The highest BCUT2D eigenvalue weighted by Gasteiger charge is 2.40. The van der Waals surface area contributed by atoms with Crippen molar-refractivity contribution in [2.75, 3.05) is 24.5 Å². The van der Waals surface area contributed by atoms with E-state index in [0.717, 1.165) is 59.3 Å². The maximum Gasteiger partial charge on any atom is 0.263 e. The second-order valence-corrected chi connectivity index (χ2v) is 15.5. The SMILES string of the molecule is CC(C)(C)[Si](C)(C)OC1CCCN(c2ccc(-c3nc4c(s3)C(=O)NCC4)cn2)C1. The van der Waals surface area contributed by atoms with E-state index in [-0.39, 0.29) is 17.0 Å². The number of thiazole rings is 1. The predicted molar refractivity (Wildman–Crippen MR) is 125 cm³/mol. The van der Waals surface area contributed by atoms with Gasteiger partial charge in [-0.15, -0.1) is 11.3 Å². The lowest BCUT2D eigenvalue weighted by molar-refractivity contribution is 0.0950. The Kier molecular flexibility index (Phi) is 5.76. The van der Waals surface area contributed by atoms with E-state index in [4.69, 9.17) is 9.41 Å². The molecule has 162 valence electrons. The number of nitrogens with one attached hydrogen (secondary N) is 1. The number of hydrogen-bond acceptors (Lipinski definition) is 6. The first-order chi connectivity index (χ1) is 14.1. The van der Waals surface area contributed by atoms with Gasteiger partial charge in [0.05, 0.1) is 11.8 Å². The Morgan fingerprint density at radius 3 is 2.77 bits per heavy atom. The maximum atomic E-state index is 12.0. The van der Waals surface area contributed by atoms with Gasteiger partial charge in [0.1, 0.15) is 15.7 Å². The second kappa shape index (κ2) is 8.05. The highest BCUT2D eigenvalue weighted by atomic mass is 32.1. The summed E-state index contributed by atoms with van der Waals surface area (Å²) in [6.07, 6.45) is 5.19. The smallest absolute Gasteiger partial charge is 0.263 e. The first kappa shape index (κ1) is 21.5. The summed E-state index contributed by atoms with van der Waals surface area (Å²) in [5.74, 6) is 0.979. The molecule has 0 spiro atoms. The summed E-state index contributed by atoms with van der Waals surface area (Å²) in [6.45, 7) is 14.1. The minimum atomic E-state index is -1.77. The molecule has 1 unspecified atom stereocenters. The van der Waals surface area contributed by atoms with Crippen molar-refractivity contribution in [2.24, 2.45) is 0 Å². The summed E-state index contributed by atoms with van der Waals surface area (Å²) in [5.41, 5.74) is 1.88. The van der Waals surface area contributed by atoms with Crippen molar-refractivity contribution in [1.29, 1.82) is 0 Å². The normalized spacial score (nSPS) is 20.1. The highest BCUT2D eigenvalue weighted by Crippen LogP contribution is 2.38. The van der Waals surface area contributed by atoms with Crippen molar-refractivity contribution in [1.82, 2.24) is 15.3 Å². The molecule has 0 radical (unpaired) electrons. The molecule has 1 fully saturated rings. The first-order valence-corrected chi connectivity index (χ1v) is 14.5. The number of rotatable bonds is 4. The molecule has 6 nitrogen and oxygen atoms in total. The third-order valence-corrected chi connectivity index (χ3v) is 12.2. The van der Waals surface area contributed by atoms with E-state index >= 15 is 0 Å². The molecule has 4 heterocycles. The summed E-state index contributed by atoms with van der Waals surface area (Å²) < 4.78 is 6.67. The Morgan fingerprint density at radius 1 is 1.30 bits per heavy atom. The summed E-state index contributed by atoms with van der Waals surface area (Å²) in [6, 6.07) is 4.15. The number of anilines is 1. The number of fused-ring (bicyclic) bond motifs is 1. The fourth-order valence-corrected chi connectivity index (χ4v) is 6.13. The van der Waals surface area contributed by atoms with Crippen LogP contribution in [0.25, 0.3) is 10.6 Å². The largest absolute Gasteiger partial charge is 0.412 e. The summed E-state index contributed by atoms with van der Waals surface area (Å²) in [5, 5.41) is 3.98. The van der Waals surface area contributed by atoms with Crippen molar-refractivity contribution in [3.8, 4) is 10.6 Å².